The van der Waals surface area contributed by atoms with Crippen molar-refractivity contribution in [2.45, 2.75) is 65.6 Å². The van der Waals surface area contributed by atoms with Crippen LogP contribution < -0.4 is 0 Å². The standard InChI is InChI=1S/C49H55N2O5P/c1-33-28-35(3)43(36(4)29-33)46(52)57(47(53)44-37(5)30-34(2)31-38(44)6)48(7,41-18-14-11-15-19-41)49(50(8)9,32-39-16-12-10-13-17-39)45(56-54)40-20-22-42(23-21-40)51-24-26-55-27-25-51/h10-23,28-31H,24-27,32H2,1-9H3/p+1. The number of hydrogen-bond acceptors (Lipinski definition) is 6. The van der Waals surface area contributed by atoms with Crippen LogP contribution in [0.3, 0.4) is 0 Å². The first-order valence-electron chi connectivity index (χ1n) is 19.7. The van der Waals surface area contributed by atoms with Gasteiger partial charge in [-0.15, -0.1) is 0 Å². The number of hydrogen-bond donors (Lipinski definition) is 1. The van der Waals surface area contributed by atoms with Crippen LogP contribution in [0.1, 0.15) is 72.1 Å². The molecule has 2 unspecified atom stereocenters. The highest BCUT2D eigenvalue weighted by Gasteiger charge is 2.63. The summed E-state index contributed by atoms with van der Waals surface area (Å²) in [6.45, 7) is 16.8. The summed E-state index contributed by atoms with van der Waals surface area (Å²) in [4.78, 5) is 40.0. The van der Waals surface area contributed by atoms with Crippen molar-refractivity contribution in [3.63, 3.8) is 0 Å². The van der Waals surface area contributed by atoms with E-state index in [4.69, 9.17) is 9.62 Å². The second kappa shape index (κ2) is 17.4. The lowest BCUT2D eigenvalue weighted by atomic mass is 9.71. The van der Waals surface area contributed by atoms with Gasteiger partial charge in [-0.25, -0.2) is 9.83 Å². The van der Waals surface area contributed by atoms with Gasteiger partial charge in [0.05, 0.1) is 13.1 Å². The predicted octanol–water partition coefficient (Wildman–Crippen LogP) is 9.81. The van der Waals surface area contributed by atoms with Crippen molar-refractivity contribution in [2.24, 2.45) is 0 Å². The fraction of sp³-hybridized carbons (Fsp3) is 0.327. The number of nitrogens with zero attached hydrogens (tertiary/aromatic N) is 2. The van der Waals surface area contributed by atoms with Crippen molar-refractivity contribution in [3.05, 3.63) is 176 Å². The lowest BCUT2D eigenvalue weighted by Crippen LogP contribution is -2.62. The third-order valence-corrected chi connectivity index (χ3v) is 14.6. The average molecular weight is 784 g/mol. The van der Waals surface area contributed by atoms with Crippen LogP contribution in [0.5, 0.6) is 0 Å². The fourth-order valence-corrected chi connectivity index (χ4v) is 12.6. The van der Waals surface area contributed by atoms with Crippen LogP contribution in [0.2, 0.25) is 0 Å². The molecule has 2 atom stereocenters. The number of ether oxygens (including phenoxy) is 1. The number of benzene rings is 4. The molecule has 4 aromatic rings. The molecule has 57 heavy (non-hydrogen) atoms. The van der Waals surface area contributed by atoms with Gasteiger partial charge in [-0.05, 0) is 115 Å². The molecule has 0 amide bonds. The number of likely N-dealkylation sites (N-methyl/N-ethyl adjacent to an activating group) is 1. The van der Waals surface area contributed by atoms with E-state index in [-0.39, 0.29) is 16.8 Å². The minimum absolute atomic E-state index is 0.213. The Morgan fingerprint density at radius 1 is 0.737 bits per heavy atom. The highest BCUT2D eigenvalue weighted by Crippen LogP contribution is 2.68. The highest BCUT2D eigenvalue weighted by molar-refractivity contribution is 7.91. The van der Waals surface area contributed by atoms with E-state index in [1.807, 2.05) is 165 Å². The van der Waals surface area contributed by atoms with Gasteiger partial charge in [-0.2, -0.15) is 0 Å². The maximum absolute atomic E-state index is 16.1. The van der Waals surface area contributed by atoms with E-state index in [0.29, 0.717) is 36.3 Å². The molecule has 2 aliphatic rings. The second-order valence-corrected chi connectivity index (χ2v) is 18.3. The number of aryl methyl sites for hydroxylation is 6. The average Bonchev–Trinajstić information content (AvgIpc) is 3.18. The van der Waals surface area contributed by atoms with E-state index >= 15 is 9.59 Å². The molecule has 1 saturated heterocycles. The third kappa shape index (κ3) is 7.91. The molecule has 0 saturated carbocycles. The third-order valence-electron chi connectivity index (χ3n) is 11.8. The first-order valence-corrected chi connectivity index (χ1v) is 21.0. The normalized spacial score (nSPS) is 16.5. The second-order valence-electron chi connectivity index (χ2n) is 15.9. The molecule has 296 valence electrons. The van der Waals surface area contributed by atoms with Crippen LogP contribution in [-0.2, 0) is 21.2 Å². The topological polar surface area (TPSA) is 79.1 Å². The molecule has 0 spiro atoms. The molecule has 1 fully saturated rings. The zero-order chi connectivity index (χ0) is 41.1. The van der Waals surface area contributed by atoms with Gasteiger partial charge in [0.2, 0.25) is 0 Å². The Bertz CT molecular complexity index is 2150. The molecule has 6 rings (SSSR count). The largest absolute Gasteiger partial charge is 0.368 e. The van der Waals surface area contributed by atoms with Crippen molar-refractivity contribution in [2.75, 3.05) is 40.4 Å². The van der Waals surface area contributed by atoms with E-state index in [1.165, 1.54) is 0 Å². The summed E-state index contributed by atoms with van der Waals surface area (Å²) in [6, 6.07) is 28.0. The summed E-state index contributed by atoms with van der Waals surface area (Å²) in [7, 11) is 1.56. The van der Waals surface area contributed by atoms with Gasteiger partial charge < -0.3 is 9.62 Å². The molecule has 0 radical (unpaired) electrons. The first kappa shape index (κ1) is 41.8. The molecule has 7 nitrogen and oxygen atoms in total. The molecular formula is C49H56N2O5P+. The summed E-state index contributed by atoms with van der Waals surface area (Å²) in [5.41, 5.74) is 8.15. The van der Waals surface area contributed by atoms with Gasteiger partial charge in [-0.3, -0.25) is 14.5 Å². The van der Waals surface area contributed by atoms with Crippen molar-refractivity contribution in [1.29, 1.82) is 0 Å². The van der Waals surface area contributed by atoms with E-state index in [1.54, 1.807) is 0 Å². The summed E-state index contributed by atoms with van der Waals surface area (Å²) in [6.07, 6.45) is 8.32. The van der Waals surface area contributed by atoms with Crippen molar-refractivity contribution < 1.29 is 29.0 Å². The van der Waals surface area contributed by atoms with Gasteiger partial charge in [-0.1, -0.05) is 96.1 Å². The van der Waals surface area contributed by atoms with Crippen LogP contribution in [0.4, 0.5) is 0 Å². The van der Waals surface area contributed by atoms with Crippen LogP contribution >= 0.6 is 7.92 Å². The number of allylic oxidation sites excluding steroid dienone is 5. The fourth-order valence-electron chi connectivity index (χ4n) is 9.25. The predicted molar refractivity (Wildman–Crippen MR) is 232 cm³/mol. The van der Waals surface area contributed by atoms with E-state index in [0.717, 1.165) is 63.3 Å². The van der Waals surface area contributed by atoms with Crippen molar-refractivity contribution in [3.8, 4) is 0 Å². The summed E-state index contributed by atoms with van der Waals surface area (Å²) < 4.78 is 7.89. The van der Waals surface area contributed by atoms with Gasteiger partial charge in [0.1, 0.15) is 18.8 Å². The molecular weight excluding hydrogens is 728 g/mol. The van der Waals surface area contributed by atoms with Crippen LogP contribution in [0.15, 0.2) is 121 Å². The number of carbonyl (C=O) groups excluding carboxylic acids is 2. The molecule has 0 aromatic heterocycles. The zero-order valence-corrected chi connectivity index (χ0v) is 35.7. The highest BCUT2D eigenvalue weighted by atomic mass is 31.1. The molecule has 0 bridgehead atoms. The van der Waals surface area contributed by atoms with Gasteiger partial charge in [0.15, 0.2) is 35.6 Å². The van der Waals surface area contributed by atoms with E-state index < -0.39 is 18.6 Å². The van der Waals surface area contributed by atoms with Crippen LogP contribution in [-0.4, -0.2) is 77.4 Å². The minimum atomic E-state index is -2.36. The van der Waals surface area contributed by atoms with E-state index in [2.05, 4.69) is 16.7 Å². The maximum atomic E-state index is 16.1. The maximum Gasteiger partial charge on any atom is 0.200 e. The zero-order valence-electron chi connectivity index (χ0n) is 34.8. The quantitative estimate of drug-likeness (QED) is 0.0507. The smallest absolute Gasteiger partial charge is 0.200 e. The Morgan fingerprint density at radius 2 is 1.19 bits per heavy atom. The van der Waals surface area contributed by atoms with E-state index in [9.17, 15) is 5.26 Å². The molecule has 1 N–H and O–H groups in total. The summed E-state index contributed by atoms with van der Waals surface area (Å²) >= 11 is 0. The lowest BCUT2D eigenvalue weighted by molar-refractivity contribution is -0.547. The molecule has 8 heteroatoms. The molecule has 1 heterocycles. The Morgan fingerprint density at radius 3 is 1.63 bits per heavy atom. The van der Waals surface area contributed by atoms with Gasteiger partial charge >= 0.3 is 0 Å². The van der Waals surface area contributed by atoms with Crippen LogP contribution in [0.25, 0.3) is 0 Å². The number of morpholine rings is 1. The van der Waals surface area contributed by atoms with Gasteiger partial charge in [0.25, 0.3) is 0 Å². The number of carbonyl (C=O) groups is 2. The molecule has 4 aromatic carbocycles. The lowest BCUT2D eigenvalue weighted by Gasteiger charge is -2.55. The Hall–Kier alpha value is -4.78. The van der Waals surface area contributed by atoms with Crippen molar-refractivity contribution >= 4 is 24.7 Å². The van der Waals surface area contributed by atoms with Gasteiger partial charge in [0, 0.05) is 28.9 Å². The molecule has 1 aliphatic carbocycles. The minimum Gasteiger partial charge on any atom is -0.368 e. The Labute approximate surface area is 339 Å². The Kier molecular flexibility index (Phi) is 12.8. The van der Waals surface area contributed by atoms with Crippen LogP contribution in [0, 0.1) is 41.5 Å². The SMILES string of the molecule is Cc1cc(C)c(C(=O)P(C(=O)c2c(C)cc(C)cc2C)C(C)(c2ccccc2)C(Cc2ccccc2)(C(OO)=C2C=CC(=[N+]3CCOCC3)C=C2)N(C)C)c(C)c1. The summed E-state index contributed by atoms with van der Waals surface area (Å²) in [5, 5.41) is 10.1. The number of rotatable bonds is 12. The first-order chi connectivity index (χ1) is 27.2. The van der Waals surface area contributed by atoms with Crippen molar-refractivity contribution in [1.82, 2.24) is 4.90 Å². The Balaban J connectivity index is 1.76. The molecule has 1 aliphatic heterocycles. The summed E-state index contributed by atoms with van der Waals surface area (Å²) in [5.74, 6) is 0.249. The monoisotopic (exact) mass is 783 g/mol.